The van der Waals surface area contributed by atoms with Crippen molar-refractivity contribution in [3.05, 3.63) is 169 Å². The first kappa shape index (κ1) is 26.5. The Bertz CT molecular complexity index is 2230. The summed E-state index contributed by atoms with van der Waals surface area (Å²) in [6.07, 6.45) is 13.5. The van der Waals surface area contributed by atoms with Crippen LogP contribution < -0.4 is 4.74 Å². The predicted molar refractivity (Wildman–Crippen MR) is 182 cm³/mol. The molecule has 3 atom stereocenters. The van der Waals surface area contributed by atoms with Gasteiger partial charge in [0.05, 0.1) is 17.0 Å². The number of para-hydroxylation sites is 4. The quantitative estimate of drug-likeness (QED) is 0.200. The highest BCUT2D eigenvalue weighted by Crippen LogP contribution is 2.49. The van der Waals surface area contributed by atoms with Crippen LogP contribution >= 0.6 is 0 Å². The second-order valence-electron chi connectivity index (χ2n) is 11.8. The van der Waals surface area contributed by atoms with E-state index in [1.54, 1.807) is 0 Å². The molecule has 46 heavy (non-hydrogen) atoms. The van der Waals surface area contributed by atoms with Gasteiger partial charge in [0, 0.05) is 33.9 Å². The van der Waals surface area contributed by atoms with Crippen molar-refractivity contribution in [2.75, 3.05) is 0 Å². The highest BCUT2D eigenvalue weighted by atomic mass is 16.5. The van der Waals surface area contributed by atoms with E-state index >= 15 is 0 Å². The molecule has 4 aromatic carbocycles. The fraction of sp³-hybridized carbons (Fsp3) is 0.100. The van der Waals surface area contributed by atoms with E-state index in [2.05, 4.69) is 108 Å². The van der Waals surface area contributed by atoms with E-state index < -0.39 is 0 Å². The van der Waals surface area contributed by atoms with Crippen LogP contribution in [0.4, 0.5) is 0 Å². The number of nitrogens with zero attached hydrogens (tertiary/aromatic N) is 5. The van der Waals surface area contributed by atoms with Gasteiger partial charge >= 0.3 is 0 Å². The minimum absolute atomic E-state index is 0.0682. The molecule has 2 aromatic heterocycles. The summed E-state index contributed by atoms with van der Waals surface area (Å²) in [5, 5.41) is 0. The van der Waals surface area contributed by atoms with E-state index in [9.17, 15) is 0 Å². The molecular formula is C40H29N5O. The lowest BCUT2D eigenvalue weighted by Crippen LogP contribution is -2.23. The van der Waals surface area contributed by atoms with E-state index in [0.717, 1.165) is 62.8 Å². The minimum atomic E-state index is -0.241. The molecule has 0 amide bonds. The predicted octanol–water partition coefficient (Wildman–Crippen LogP) is 8.50. The van der Waals surface area contributed by atoms with Gasteiger partial charge in [-0.2, -0.15) is 0 Å². The molecule has 0 bridgehead atoms. The molecule has 3 heterocycles. The highest BCUT2D eigenvalue weighted by molar-refractivity contribution is 5.91. The van der Waals surface area contributed by atoms with Crippen LogP contribution in [0.5, 0.6) is 5.75 Å². The SMILES string of the molecule is C1=CCC(c2nc(C3=CC(c4nc5ccccc5n4-c4ccccc4)=CC4Oc5ccccc5C34)nc(-c3ccccc3)n2)C=C1. The second-order valence-corrected chi connectivity index (χ2v) is 11.8. The van der Waals surface area contributed by atoms with Crippen molar-refractivity contribution in [2.24, 2.45) is 0 Å². The first-order valence-corrected chi connectivity index (χ1v) is 15.7. The van der Waals surface area contributed by atoms with Crippen molar-refractivity contribution < 1.29 is 4.74 Å². The molecule has 1 aliphatic heterocycles. The summed E-state index contributed by atoms with van der Waals surface area (Å²) in [4.78, 5) is 20.6. The summed E-state index contributed by atoms with van der Waals surface area (Å²) in [6.45, 7) is 0. The van der Waals surface area contributed by atoms with Gasteiger partial charge in [-0.1, -0.05) is 103 Å². The van der Waals surface area contributed by atoms with Gasteiger partial charge in [0.1, 0.15) is 23.5 Å². The van der Waals surface area contributed by atoms with Crippen molar-refractivity contribution >= 4 is 22.2 Å². The zero-order valence-electron chi connectivity index (χ0n) is 24.9. The standard InChI is InChI=1S/C40H29N5O/c1-4-14-26(15-5-1)37-42-38(27-16-6-2-7-17-27)44-39(43-37)31-24-28(25-35-36(31)30-20-10-13-23-34(30)46-35)40-41-32-21-11-12-22-33(32)45(40)29-18-8-3-9-19-29/h1-16,18-25,27,35-36H,17H2. The molecule has 6 nitrogen and oxygen atoms in total. The number of imidazole rings is 1. The van der Waals surface area contributed by atoms with Crippen LogP contribution in [-0.2, 0) is 0 Å². The van der Waals surface area contributed by atoms with Crippen molar-refractivity contribution in [3.63, 3.8) is 0 Å². The van der Waals surface area contributed by atoms with Gasteiger partial charge in [0.15, 0.2) is 11.6 Å². The molecule has 3 aliphatic rings. The minimum Gasteiger partial charge on any atom is -0.485 e. The maximum atomic E-state index is 6.65. The highest BCUT2D eigenvalue weighted by Gasteiger charge is 2.40. The molecular weight excluding hydrogens is 566 g/mol. The largest absolute Gasteiger partial charge is 0.485 e. The van der Waals surface area contributed by atoms with E-state index in [0.29, 0.717) is 11.6 Å². The van der Waals surface area contributed by atoms with Gasteiger partial charge in [-0.15, -0.1) is 0 Å². The van der Waals surface area contributed by atoms with Crippen LogP contribution in [0, 0.1) is 0 Å². The Morgan fingerprint density at radius 3 is 2.30 bits per heavy atom. The number of allylic oxidation sites excluding steroid dienone is 6. The Hall–Kier alpha value is -5.88. The monoisotopic (exact) mass is 595 g/mol. The molecule has 2 aliphatic carbocycles. The Morgan fingerprint density at radius 2 is 1.46 bits per heavy atom. The molecule has 0 fully saturated rings. The van der Waals surface area contributed by atoms with Gasteiger partial charge in [-0.05, 0) is 48.9 Å². The molecule has 9 rings (SSSR count). The average molecular weight is 596 g/mol. The van der Waals surface area contributed by atoms with Crippen LogP contribution in [0.1, 0.15) is 41.3 Å². The lowest BCUT2D eigenvalue weighted by molar-refractivity contribution is 0.272. The fourth-order valence-electron chi connectivity index (χ4n) is 6.77. The number of hydrogen-bond acceptors (Lipinski definition) is 5. The molecule has 0 radical (unpaired) electrons. The third-order valence-electron chi connectivity index (χ3n) is 8.92. The lowest BCUT2D eigenvalue weighted by Gasteiger charge is -2.25. The summed E-state index contributed by atoms with van der Waals surface area (Å²) >= 11 is 0. The second kappa shape index (κ2) is 10.9. The summed E-state index contributed by atoms with van der Waals surface area (Å²) in [6, 6.07) is 37.1. The first-order valence-electron chi connectivity index (χ1n) is 15.7. The number of rotatable bonds is 5. The Balaban J connectivity index is 1.28. The van der Waals surface area contributed by atoms with Crippen LogP contribution in [0.3, 0.4) is 0 Å². The molecule has 0 spiro atoms. The first-order chi connectivity index (χ1) is 22.8. The number of hydrogen-bond donors (Lipinski definition) is 0. The summed E-state index contributed by atoms with van der Waals surface area (Å²) in [5.41, 5.74) is 7.08. The van der Waals surface area contributed by atoms with Crippen LogP contribution in [0.15, 0.2) is 146 Å². The lowest BCUT2D eigenvalue weighted by atomic mass is 9.82. The summed E-state index contributed by atoms with van der Waals surface area (Å²) in [7, 11) is 0. The van der Waals surface area contributed by atoms with Gasteiger partial charge in [0.25, 0.3) is 0 Å². The van der Waals surface area contributed by atoms with E-state index in [1.165, 1.54) is 0 Å². The van der Waals surface area contributed by atoms with E-state index in [4.69, 9.17) is 24.7 Å². The third-order valence-corrected chi connectivity index (χ3v) is 8.92. The van der Waals surface area contributed by atoms with Crippen molar-refractivity contribution in [1.29, 1.82) is 0 Å². The Labute approximate surface area is 266 Å². The molecule has 0 saturated heterocycles. The third kappa shape index (κ3) is 4.49. The van der Waals surface area contributed by atoms with Crippen LogP contribution in [0.25, 0.3) is 39.3 Å². The van der Waals surface area contributed by atoms with Gasteiger partial charge < -0.3 is 4.74 Å². The average Bonchev–Trinajstić information content (AvgIpc) is 3.71. The van der Waals surface area contributed by atoms with Crippen molar-refractivity contribution in [3.8, 4) is 22.8 Å². The van der Waals surface area contributed by atoms with Gasteiger partial charge in [-0.25, -0.2) is 19.9 Å². The van der Waals surface area contributed by atoms with Crippen molar-refractivity contribution in [1.82, 2.24) is 24.5 Å². The molecule has 0 N–H and O–H groups in total. The maximum Gasteiger partial charge on any atom is 0.163 e. The smallest absolute Gasteiger partial charge is 0.163 e. The van der Waals surface area contributed by atoms with Crippen LogP contribution in [-0.4, -0.2) is 30.6 Å². The Kier molecular flexibility index (Phi) is 6.30. The number of ether oxygens (including phenoxy) is 1. The van der Waals surface area contributed by atoms with Gasteiger partial charge in [-0.3, -0.25) is 4.57 Å². The molecule has 3 unspecified atom stereocenters. The Morgan fingerprint density at radius 1 is 0.696 bits per heavy atom. The zero-order valence-corrected chi connectivity index (χ0v) is 24.9. The zero-order chi connectivity index (χ0) is 30.5. The fourth-order valence-corrected chi connectivity index (χ4v) is 6.77. The normalized spacial score (nSPS) is 19.7. The number of benzene rings is 4. The van der Waals surface area contributed by atoms with Gasteiger partial charge in [0.2, 0.25) is 0 Å². The molecule has 6 aromatic rings. The van der Waals surface area contributed by atoms with Crippen molar-refractivity contribution in [2.45, 2.75) is 24.4 Å². The molecule has 220 valence electrons. The topological polar surface area (TPSA) is 65.7 Å². The van der Waals surface area contributed by atoms with Crippen LogP contribution in [0.2, 0.25) is 0 Å². The maximum absolute atomic E-state index is 6.65. The molecule has 6 heteroatoms. The summed E-state index contributed by atoms with van der Waals surface area (Å²) in [5.74, 6) is 3.82. The van der Waals surface area contributed by atoms with E-state index in [-0.39, 0.29) is 17.9 Å². The summed E-state index contributed by atoms with van der Waals surface area (Å²) < 4.78 is 8.88. The molecule has 0 saturated carbocycles. The van der Waals surface area contributed by atoms with E-state index in [1.807, 2.05) is 42.5 Å². The number of fused-ring (bicyclic) bond motifs is 4. The number of aromatic nitrogens is 5.